The number of ether oxygens (including phenoxy) is 1. The third-order valence-electron chi connectivity index (χ3n) is 3.46. The fourth-order valence-electron chi connectivity index (χ4n) is 2.07. The molecule has 2 aromatic rings. The highest BCUT2D eigenvalue weighted by Crippen LogP contribution is 2.26. The summed E-state index contributed by atoms with van der Waals surface area (Å²) in [5.41, 5.74) is 8.70. The standard InChI is InChI=1S/C18H22ClNO/c1-18(2,3)14-10-8-13(9-11-14)16(20)12-21-17-7-5-4-6-15(17)19/h4-11,16H,12,20H2,1-3H3. The second kappa shape index (κ2) is 6.50. The number of rotatable bonds is 4. The van der Waals surface area contributed by atoms with Gasteiger partial charge in [0.05, 0.1) is 11.1 Å². The smallest absolute Gasteiger partial charge is 0.137 e. The van der Waals surface area contributed by atoms with E-state index in [1.807, 2.05) is 18.2 Å². The quantitative estimate of drug-likeness (QED) is 0.887. The van der Waals surface area contributed by atoms with Crippen LogP contribution >= 0.6 is 11.6 Å². The third-order valence-corrected chi connectivity index (χ3v) is 3.77. The largest absolute Gasteiger partial charge is 0.490 e. The van der Waals surface area contributed by atoms with Crippen molar-refractivity contribution in [3.8, 4) is 5.75 Å². The molecule has 21 heavy (non-hydrogen) atoms. The molecular formula is C18H22ClNO. The predicted molar refractivity (Wildman–Crippen MR) is 89.0 cm³/mol. The van der Waals surface area contributed by atoms with E-state index in [0.717, 1.165) is 5.56 Å². The Kier molecular flexibility index (Phi) is 4.92. The highest BCUT2D eigenvalue weighted by Gasteiger charge is 2.14. The van der Waals surface area contributed by atoms with Crippen molar-refractivity contribution in [1.82, 2.24) is 0 Å². The Morgan fingerprint density at radius 2 is 1.67 bits per heavy atom. The molecule has 1 unspecified atom stereocenters. The minimum absolute atomic E-state index is 0.149. The molecule has 2 nitrogen and oxygen atoms in total. The monoisotopic (exact) mass is 303 g/mol. The van der Waals surface area contributed by atoms with Gasteiger partial charge >= 0.3 is 0 Å². The van der Waals surface area contributed by atoms with Crippen LogP contribution in [0, 0.1) is 0 Å². The molecule has 0 fully saturated rings. The third kappa shape index (κ3) is 4.23. The van der Waals surface area contributed by atoms with Crippen LogP contribution < -0.4 is 10.5 Å². The molecule has 0 saturated carbocycles. The van der Waals surface area contributed by atoms with Gasteiger partial charge in [-0.25, -0.2) is 0 Å². The van der Waals surface area contributed by atoms with E-state index in [0.29, 0.717) is 17.4 Å². The van der Waals surface area contributed by atoms with Gasteiger partial charge in [-0.15, -0.1) is 0 Å². The van der Waals surface area contributed by atoms with Crippen LogP contribution in [0.3, 0.4) is 0 Å². The summed E-state index contributed by atoms with van der Waals surface area (Å²) in [5.74, 6) is 0.668. The van der Waals surface area contributed by atoms with Gasteiger partial charge in [-0.1, -0.05) is 68.8 Å². The zero-order chi connectivity index (χ0) is 15.5. The van der Waals surface area contributed by atoms with Crippen molar-refractivity contribution >= 4 is 11.6 Å². The van der Waals surface area contributed by atoms with Crippen LogP contribution in [0.25, 0.3) is 0 Å². The van der Waals surface area contributed by atoms with Gasteiger partial charge in [-0.2, -0.15) is 0 Å². The van der Waals surface area contributed by atoms with Crippen LogP contribution in [0.1, 0.15) is 37.9 Å². The van der Waals surface area contributed by atoms with E-state index in [4.69, 9.17) is 22.1 Å². The Bertz CT molecular complexity index is 587. The number of hydrogen-bond acceptors (Lipinski definition) is 2. The summed E-state index contributed by atoms with van der Waals surface area (Å²) in [7, 11) is 0. The van der Waals surface area contributed by atoms with Gasteiger partial charge in [0.25, 0.3) is 0 Å². The Morgan fingerprint density at radius 1 is 1.05 bits per heavy atom. The molecule has 0 amide bonds. The molecular weight excluding hydrogens is 282 g/mol. The first-order valence-corrected chi connectivity index (χ1v) is 7.49. The highest BCUT2D eigenvalue weighted by molar-refractivity contribution is 6.32. The number of para-hydroxylation sites is 1. The average Bonchev–Trinajstić information content (AvgIpc) is 2.45. The summed E-state index contributed by atoms with van der Waals surface area (Å²) in [6, 6.07) is 15.6. The molecule has 0 aliphatic heterocycles. The number of benzene rings is 2. The van der Waals surface area contributed by atoms with Gasteiger partial charge in [0.1, 0.15) is 12.4 Å². The summed E-state index contributed by atoms with van der Waals surface area (Å²) in [6.45, 7) is 6.99. The second-order valence-corrected chi connectivity index (χ2v) is 6.63. The van der Waals surface area contributed by atoms with Crippen molar-refractivity contribution in [1.29, 1.82) is 0 Å². The maximum atomic E-state index is 6.18. The Hall–Kier alpha value is -1.51. The molecule has 0 saturated heterocycles. The molecule has 2 N–H and O–H groups in total. The van der Waals surface area contributed by atoms with Crippen LogP contribution in [-0.4, -0.2) is 6.61 Å². The number of hydrogen-bond donors (Lipinski definition) is 1. The van der Waals surface area contributed by atoms with E-state index in [1.165, 1.54) is 5.56 Å². The summed E-state index contributed by atoms with van der Waals surface area (Å²) in [6.07, 6.45) is 0. The zero-order valence-corrected chi connectivity index (χ0v) is 13.5. The van der Waals surface area contributed by atoms with Gasteiger partial charge < -0.3 is 10.5 Å². The lowest BCUT2D eigenvalue weighted by Crippen LogP contribution is -2.19. The van der Waals surface area contributed by atoms with Crippen LogP contribution in [0.15, 0.2) is 48.5 Å². The Morgan fingerprint density at radius 3 is 2.24 bits per heavy atom. The zero-order valence-electron chi connectivity index (χ0n) is 12.8. The van der Waals surface area contributed by atoms with Crippen molar-refractivity contribution in [2.45, 2.75) is 32.2 Å². The van der Waals surface area contributed by atoms with Crippen molar-refractivity contribution in [2.24, 2.45) is 5.73 Å². The van der Waals surface area contributed by atoms with Crippen LogP contribution in [0.5, 0.6) is 5.75 Å². The minimum atomic E-state index is -0.171. The molecule has 0 radical (unpaired) electrons. The summed E-state index contributed by atoms with van der Waals surface area (Å²) >= 11 is 6.06. The molecule has 2 rings (SSSR count). The number of nitrogens with two attached hydrogens (primary N) is 1. The molecule has 0 spiro atoms. The van der Waals surface area contributed by atoms with Crippen LogP contribution in [0.2, 0.25) is 5.02 Å². The van der Waals surface area contributed by atoms with E-state index in [-0.39, 0.29) is 11.5 Å². The number of halogens is 1. The first kappa shape index (κ1) is 15.9. The van der Waals surface area contributed by atoms with E-state index < -0.39 is 0 Å². The first-order chi connectivity index (χ1) is 9.88. The van der Waals surface area contributed by atoms with E-state index in [1.54, 1.807) is 6.07 Å². The second-order valence-electron chi connectivity index (χ2n) is 6.22. The van der Waals surface area contributed by atoms with Crippen molar-refractivity contribution in [2.75, 3.05) is 6.61 Å². The van der Waals surface area contributed by atoms with Gasteiger partial charge in [0.2, 0.25) is 0 Å². The molecule has 112 valence electrons. The topological polar surface area (TPSA) is 35.2 Å². The average molecular weight is 304 g/mol. The maximum absolute atomic E-state index is 6.18. The van der Waals surface area contributed by atoms with Crippen molar-refractivity contribution < 1.29 is 4.74 Å². The molecule has 1 atom stereocenters. The highest BCUT2D eigenvalue weighted by atomic mass is 35.5. The lowest BCUT2D eigenvalue weighted by Gasteiger charge is -2.20. The van der Waals surface area contributed by atoms with Gasteiger partial charge in [0.15, 0.2) is 0 Å². The lowest BCUT2D eigenvalue weighted by atomic mass is 9.86. The van der Waals surface area contributed by atoms with Gasteiger partial charge in [-0.3, -0.25) is 0 Å². The predicted octanol–water partition coefficient (Wildman–Crippen LogP) is 4.72. The Balaban J connectivity index is 2.01. The van der Waals surface area contributed by atoms with Gasteiger partial charge in [-0.05, 0) is 28.7 Å². The fourth-order valence-corrected chi connectivity index (χ4v) is 2.26. The molecule has 0 bridgehead atoms. The van der Waals surface area contributed by atoms with Gasteiger partial charge in [0, 0.05) is 0 Å². The molecule has 0 heterocycles. The van der Waals surface area contributed by atoms with E-state index >= 15 is 0 Å². The van der Waals surface area contributed by atoms with Crippen molar-refractivity contribution in [3.63, 3.8) is 0 Å². The van der Waals surface area contributed by atoms with E-state index in [9.17, 15) is 0 Å². The normalized spacial score (nSPS) is 13.0. The maximum Gasteiger partial charge on any atom is 0.137 e. The van der Waals surface area contributed by atoms with Crippen LogP contribution in [-0.2, 0) is 5.41 Å². The SMILES string of the molecule is CC(C)(C)c1ccc(C(N)COc2ccccc2Cl)cc1. The fraction of sp³-hybridized carbons (Fsp3) is 0.333. The van der Waals surface area contributed by atoms with E-state index in [2.05, 4.69) is 45.0 Å². The first-order valence-electron chi connectivity index (χ1n) is 7.11. The molecule has 3 heteroatoms. The van der Waals surface area contributed by atoms with Crippen molar-refractivity contribution in [3.05, 3.63) is 64.7 Å². The summed E-state index contributed by atoms with van der Waals surface area (Å²) < 4.78 is 5.69. The molecule has 2 aromatic carbocycles. The van der Waals surface area contributed by atoms with Crippen LogP contribution in [0.4, 0.5) is 0 Å². The summed E-state index contributed by atoms with van der Waals surface area (Å²) in [5, 5.41) is 0.604. The Labute approximate surface area is 131 Å². The summed E-state index contributed by atoms with van der Waals surface area (Å²) in [4.78, 5) is 0. The molecule has 0 aliphatic carbocycles. The minimum Gasteiger partial charge on any atom is -0.490 e. The molecule has 0 aliphatic rings. The lowest BCUT2D eigenvalue weighted by molar-refractivity contribution is 0.291. The molecule has 0 aromatic heterocycles.